The summed E-state index contributed by atoms with van der Waals surface area (Å²) in [5.41, 5.74) is 11.2. The first kappa shape index (κ1) is 30.4. The molecule has 4 nitrogen and oxygen atoms in total. The maximum atomic E-state index is 6.89. The molecule has 12 rings (SSSR count). The van der Waals surface area contributed by atoms with E-state index in [-0.39, 0.29) is 0 Å². The van der Waals surface area contributed by atoms with Gasteiger partial charge < -0.3 is 8.98 Å². The van der Waals surface area contributed by atoms with Gasteiger partial charge in [-0.25, -0.2) is 9.97 Å². The Kier molecular flexibility index (Phi) is 6.47. The number of furan rings is 1. The Balaban J connectivity index is 1.10. The summed E-state index contributed by atoms with van der Waals surface area (Å²) >= 11 is 1.75. The van der Waals surface area contributed by atoms with Crippen LogP contribution >= 0.6 is 11.3 Å². The highest BCUT2D eigenvalue weighted by atomic mass is 32.1. The second kappa shape index (κ2) is 11.7. The zero-order valence-corrected chi connectivity index (χ0v) is 30.2. The Morgan fingerprint density at radius 1 is 0.473 bits per heavy atom. The van der Waals surface area contributed by atoms with Crippen molar-refractivity contribution in [3.8, 4) is 39.5 Å². The molecule has 256 valence electrons. The predicted molar refractivity (Wildman–Crippen MR) is 230 cm³/mol. The first-order chi connectivity index (χ1) is 27.3. The van der Waals surface area contributed by atoms with Crippen LogP contribution in [-0.4, -0.2) is 14.5 Å². The van der Waals surface area contributed by atoms with Crippen LogP contribution in [0.3, 0.4) is 0 Å². The van der Waals surface area contributed by atoms with Gasteiger partial charge in [0.15, 0.2) is 11.4 Å². The number of hydrogen-bond donors (Lipinski definition) is 0. The van der Waals surface area contributed by atoms with Crippen LogP contribution in [0.2, 0.25) is 0 Å². The van der Waals surface area contributed by atoms with Crippen molar-refractivity contribution >= 4 is 86.2 Å². The fraction of sp³-hybridized carbons (Fsp3) is 0. The highest BCUT2D eigenvalue weighted by Crippen LogP contribution is 2.44. The third-order valence-corrected chi connectivity index (χ3v) is 12.2. The Labute approximate surface area is 319 Å². The van der Waals surface area contributed by atoms with Gasteiger partial charge in [0.25, 0.3) is 0 Å². The molecule has 0 N–H and O–H groups in total. The molecule has 5 heteroatoms. The molecule has 8 aromatic carbocycles. The maximum absolute atomic E-state index is 6.89. The summed E-state index contributed by atoms with van der Waals surface area (Å²) in [5, 5.41) is 8.11. The lowest BCUT2D eigenvalue weighted by atomic mass is 10.0. The van der Waals surface area contributed by atoms with Gasteiger partial charge in [0.1, 0.15) is 5.58 Å². The second-order valence-corrected chi connectivity index (χ2v) is 15.1. The molecule has 4 heterocycles. The fourth-order valence-corrected chi connectivity index (χ4v) is 9.71. The molecule has 4 aromatic heterocycles. The SMILES string of the molecule is c1ccc(-c2ccc(-c3nc(-c4cccc5oc6c(-n7c8ccccc8c8c9ccccc9ccc87)cccc6c45)nc4c3sc3ccccc34)cc2)cc1. The van der Waals surface area contributed by atoms with Crippen molar-refractivity contribution in [1.82, 2.24) is 14.5 Å². The molecule has 0 unspecified atom stereocenters. The van der Waals surface area contributed by atoms with E-state index in [9.17, 15) is 0 Å². The van der Waals surface area contributed by atoms with E-state index in [1.54, 1.807) is 11.3 Å². The molecule has 0 amide bonds. The largest absolute Gasteiger partial charge is 0.454 e. The monoisotopic (exact) mass is 719 g/mol. The maximum Gasteiger partial charge on any atom is 0.161 e. The smallest absolute Gasteiger partial charge is 0.161 e. The van der Waals surface area contributed by atoms with Crippen LogP contribution in [0.25, 0.3) is 114 Å². The minimum absolute atomic E-state index is 0.681. The molecule has 0 saturated carbocycles. The predicted octanol–water partition coefficient (Wildman–Crippen LogP) is 14.0. The van der Waals surface area contributed by atoms with Crippen LogP contribution in [0.15, 0.2) is 180 Å². The lowest BCUT2D eigenvalue weighted by molar-refractivity contribution is 0.666. The van der Waals surface area contributed by atoms with Crippen molar-refractivity contribution in [3.05, 3.63) is 176 Å². The number of rotatable bonds is 4. The lowest BCUT2D eigenvalue weighted by Crippen LogP contribution is -1.95. The van der Waals surface area contributed by atoms with E-state index in [2.05, 4.69) is 180 Å². The van der Waals surface area contributed by atoms with Crippen molar-refractivity contribution < 1.29 is 4.42 Å². The van der Waals surface area contributed by atoms with Crippen molar-refractivity contribution in [2.75, 3.05) is 0 Å². The summed E-state index contributed by atoms with van der Waals surface area (Å²) in [6.45, 7) is 0. The van der Waals surface area contributed by atoms with Crippen LogP contribution in [0.1, 0.15) is 0 Å². The third-order valence-electron chi connectivity index (χ3n) is 11.0. The van der Waals surface area contributed by atoms with Gasteiger partial charge in [-0.1, -0.05) is 146 Å². The fourth-order valence-electron chi connectivity index (χ4n) is 8.55. The van der Waals surface area contributed by atoms with Gasteiger partial charge in [-0.15, -0.1) is 11.3 Å². The minimum atomic E-state index is 0.681. The summed E-state index contributed by atoms with van der Waals surface area (Å²) in [5.74, 6) is 0.681. The molecule has 55 heavy (non-hydrogen) atoms. The minimum Gasteiger partial charge on any atom is -0.454 e. The van der Waals surface area contributed by atoms with Crippen LogP contribution in [0.4, 0.5) is 0 Å². The normalized spacial score (nSPS) is 12.0. The van der Waals surface area contributed by atoms with Gasteiger partial charge in [0.05, 0.1) is 32.6 Å². The average Bonchev–Trinajstić information content (AvgIpc) is 3.94. The Bertz CT molecular complexity index is 3480. The van der Waals surface area contributed by atoms with Crippen molar-refractivity contribution in [1.29, 1.82) is 0 Å². The Morgan fingerprint density at radius 3 is 2.07 bits per heavy atom. The van der Waals surface area contributed by atoms with Crippen molar-refractivity contribution in [2.45, 2.75) is 0 Å². The number of benzene rings is 8. The molecule has 0 atom stereocenters. The van der Waals surface area contributed by atoms with Gasteiger partial charge in [0.2, 0.25) is 0 Å². The molecular formula is C50H29N3OS. The molecule has 0 bridgehead atoms. The molecule has 12 aromatic rings. The molecule has 0 radical (unpaired) electrons. The van der Waals surface area contributed by atoms with Gasteiger partial charge in [-0.3, -0.25) is 0 Å². The summed E-state index contributed by atoms with van der Waals surface area (Å²) in [6, 6.07) is 62.3. The summed E-state index contributed by atoms with van der Waals surface area (Å²) in [4.78, 5) is 10.8. The summed E-state index contributed by atoms with van der Waals surface area (Å²) in [6.07, 6.45) is 0. The van der Waals surface area contributed by atoms with Crippen molar-refractivity contribution in [3.63, 3.8) is 0 Å². The topological polar surface area (TPSA) is 43.9 Å². The van der Waals surface area contributed by atoms with E-state index in [0.717, 1.165) is 71.1 Å². The van der Waals surface area contributed by atoms with E-state index in [1.807, 2.05) is 0 Å². The van der Waals surface area contributed by atoms with Crippen molar-refractivity contribution in [2.24, 2.45) is 0 Å². The standard InChI is InChI=1S/C50H29N3OS/c1-2-12-30(13-3-1)31-24-26-33(27-25-31)46-49-47(36-17-7-9-23-43(36)55-49)52-50(51-46)38-19-11-22-42-45(38)37-18-10-21-41(48(37)54-42)53-39-20-8-6-16-35(39)44-34-15-5-4-14-32(34)28-29-40(44)53/h1-29H. The molecule has 0 saturated heterocycles. The van der Waals surface area contributed by atoms with Crippen LogP contribution in [0.5, 0.6) is 0 Å². The third kappa shape index (κ3) is 4.51. The lowest BCUT2D eigenvalue weighted by Gasteiger charge is -2.10. The molecule has 0 aliphatic rings. The molecule has 0 aliphatic heterocycles. The highest BCUT2D eigenvalue weighted by Gasteiger charge is 2.23. The van der Waals surface area contributed by atoms with E-state index in [1.165, 1.54) is 37.4 Å². The number of hydrogen-bond acceptors (Lipinski definition) is 4. The van der Waals surface area contributed by atoms with E-state index in [0.29, 0.717) is 5.82 Å². The number of nitrogens with zero attached hydrogens (tertiary/aromatic N) is 3. The van der Waals surface area contributed by atoms with Gasteiger partial charge in [0, 0.05) is 42.8 Å². The molecule has 0 spiro atoms. The van der Waals surface area contributed by atoms with Crippen LogP contribution in [0, 0.1) is 0 Å². The quantitative estimate of drug-likeness (QED) is 0.182. The molecule has 0 fully saturated rings. The van der Waals surface area contributed by atoms with Gasteiger partial charge in [-0.2, -0.15) is 0 Å². The second-order valence-electron chi connectivity index (χ2n) is 14.1. The Hall–Kier alpha value is -7.08. The molecular weight excluding hydrogens is 691 g/mol. The van der Waals surface area contributed by atoms with E-state index < -0.39 is 0 Å². The average molecular weight is 720 g/mol. The van der Waals surface area contributed by atoms with E-state index in [4.69, 9.17) is 14.4 Å². The van der Waals surface area contributed by atoms with Crippen LogP contribution in [-0.2, 0) is 0 Å². The number of fused-ring (bicyclic) bond motifs is 11. The summed E-state index contributed by atoms with van der Waals surface area (Å²) < 4.78 is 11.5. The zero-order chi connectivity index (χ0) is 36.0. The first-order valence-electron chi connectivity index (χ1n) is 18.5. The molecule has 0 aliphatic carbocycles. The first-order valence-corrected chi connectivity index (χ1v) is 19.3. The van der Waals surface area contributed by atoms with Gasteiger partial charge in [-0.05, 0) is 52.2 Å². The number of aromatic nitrogens is 3. The van der Waals surface area contributed by atoms with Gasteiger partial charge >= 0.3 is 0 Å². The number of para-hydroxylation sites is 2. The van der Waals surface area contributed by atoms with Crippen LogP contribution < -0.4 is 0 Å². The number of thiophene rings is 1. The van der Waals surface area contributed by atoms with E-state index >= 15 is 0 Å². The zero-order valence-electron chi connectivity index (χ0n) is 29.4. The highest BCUT2D eigenvalue weighted by molar-refractivity contribution is 7.26. The Morgan fingerprint density at radius 2 is 1.18 bits per heavy atom. The summed E-state index contributed by atoms with van der Waals surface area (Å²) in [7, 11) is 0.